The Bertz CT molecular complexity index is 684. The van der Waals surface area contributed by atoms with Gasteiger partial charge in [-0.1, -0.05) is 60.7 Å². The Hall–Kier alpha value is -2.62. The summed E-state index contributed by atoms with van der Waals surface area (Å²) >= 11 is 0. The second-order valence-corrected chi connectivity index (χ2v) is 5.76. The summed E-state index contributed by atoms with van der Waals surface area (Å²) in [4.78, 5) is 26.1. The first-order valence-electron chi connectivity index (χ1n) is 7.75. The summed E-state index contributed by atoms with van der Waals surface area (Å²) in [6, 6.07) is 19.1. The van der Waals surface area contributed by atoms with Gasteiger partial charge in [-0.05, 0) is 24.5 Å². The highest BCUT2D eigenvalue weighted by molar-refractivity contribution is 5.97. The van der Waals surface area contributed by atoms with E-state index in [-0.39, 0.29) is 24.5 Å². The predicted molar refractivity (Wildman–Crippen MR) is 87.0 cm³/mol. The number of rotatable bonds is 4. The number of cyclic esters (lactones) is 1. The fourth-order valence-electron chi connectivity index (χ4n) is 2.86. The predicted octanol–water partition coefficient (Wildman–Crippen LogP) is 3.38. The molecule has 4 heteroatoms. The van der Waals surface area contributed by atoms with Crippen molar-refractivity contribution in [1.82, 2.24) is 4.90 Å². The molecule has 0 radical (unpaired) electrons. The van der Waals surface area contributed by atoms with E-state index in [1.54, 1.807) is 0 Å². The number of amides is 2. The van der Waals surface area contributed by atoms with E-state index in [0.717, 1.165) is 11.1 Å². The van der Waals surface area contributed by atoms with Crippen LogP contribution in [-0.4, -0.2) is 29.5 Å². The number of nitrogens with zero attached hydrogens (tertiary/aromatic N) is 1. The molecular weight excluding hydrogens is 290 g/mol. The van der Waals surface area contributed by atoms with Crippen molar-refractivity contribution in [2.75, 3.05) is 6.61 Å². The van der Waals surface area contributed by atoms with E-state index < -0.39 is 6.09 Å². The van der Waals surface area contributed by atoms with Crippen LogP contribution in [0.3, 0.4) is 0 Å². The van der Waals surface area contributed by atoms with Crippen molar-refractivity contribution >= 4 is 12.0 Å². The van der Waals surface area contributed by atoms with Crippen LogP contribution in [-0.2, 0) is 16.0 Å². The molecule has 1 aliphatic heterocycles. The largest absolute Gasteiger partial charge is 0.447 e. The number of imide groups is 1. The molecule has 0 bridgehead atoms. The van der Waals surface area contributed by atoms with E-state index in [1.165, 1.54) is 4.90 Å². The van der Waals surface area contributed by atoms with Crippen molar-refractivity contribution in [1.29, 1.82) is 0 Å². The first-order chi connectivity index (χ1) is 11.2. The fourth-order valence-corrected chi connectivity index (χ4v) is 2.86. The molecule has 2 aromatic carbocycles. The van der Waals surface area contributed by atoms with Crippen molar-refractivity contribution in [2.45, 2.75) is 25.3 Å². The van der Waals surface area contributed by atoms with Crippen LogP contribution in [0.5, 0.6) is 0 Å². The molecule has 2 atom stereocenters. The van der Waals surface area contributed by atoms with Gasteiger partial charge in [-0.25, -0.2) is 9.69 Å². The zero-order chi connectivity index (χ0) is 16.2. The summed E-state index contributed by atoms with van der Waals surface area (Å²) in [5.41, 5.74) is 1.98. The topological polar surface area (TPSA) is 46.6 Å². The van der Waals surface area contributed by atoms with Crippen molar-refractivity contribution < 1.29 is 14.3 Å². The minimum Gasteiger partial charge on any atom is -0.447 e. The zero-order valence-corrected chi connectivity index (χ0v) is 13.0. The second kappa shape index (κ2) is 6.65. The number of carbonyl (C=O) groups excluding carboxylic acids is 2. The Morgan fingerprint density at radius 1 is 1.13 bits per heavy atom. The van der Waals surface area contributed by atoms with Gasteiger partial charge in [0.05, 0.1) is 12.0 Å². The lowest BCUT2D eigenvalue weighted by molar-refractivity contribution is -0.130. The third-order valence-corrected chi connectivity index (χ3v) is 4.18. The molecule has 0 saturated carbocycles. The summed E-state index contributed by atoms with van der Waals surface area (Å²) in [6.07, 6.45) is 0.0681. The highest BCUT2D eigenvalue weighted by Crippen LogP contribution is 2.24. The highest BCUT2D eigenvalue weighted by Gasteiger charge is 2.39. The van der Waals surface area contributed by atoms with Gasteiger partial charge in [-0.3, -0.25) is 4.79 Å². The van der Waals surface area contributed by atoms with Gasteiger partial charge >= 0.3 is 6.09 Å². The molecule has 0 N–H and O–H groups in total. The van der Waals surface area contributed by atoms with Crippen LogP contribution < -0.4 is 0 Å². The molecule has 118 valence electrons. The Labute approximate surface area is 135 Å². The Morgan fingerprint density at radius 3 is 2.39 bits per heavy atom. The van der Waals surface area contributed by atoms with Crippen LogP contribution in [0.2, 0.25) is 0 Å². The smallest absolute Gasteiger partial charge is 0.417 e. The molecule has 0 aliphatic carbocycles. The Kier molecular flexibility index (Phi) is 4.42. The number of hydrogen-bond donors (Lipinski definition) is 0. The lowest BCUT2D eigenvalue weighted by Crippen LogP contribution is -2.42. The van der Waals surface area contributed by atoms with Crippen molar-refractivity contribution in [3.05, 3.63) is 71.8 Å². The second-order valence-electron chi connectivity index (χ2n) is 5.76. The molecule has 2 aromatic rings. The standard InChI is InChI=1S/C19H19NO3/c1-14(16-10-6-3-7-11-16)18(21)20-17(13-23-19(20)22)12-15-8-4-2-5-9-15/h2-11,14,17H,12-13H2,1H3. The molecule has 1 heterocycles. The third kappa shape index (κ3) is 3.26. The van der Waals surface area contributed by atoms with Crippen LogP contribution >= 0.6 is 0 Å². The van der Waals surface area contributed by atoms with Crippen molar-refractivity contribution in [3.63, 3.8) is 0 Å². The molecule has 0 aromatic heterocycles. The van der Waals surface area contributed by atoms with Crippen molar-refractivity contribution in [2.24, 2.45) is 0 Å². The monoisotopic (exact) mass is 309 g/mol. The van der Waals surface area contributed by atoms with E-state index in [0.29, 0.717) is 6.42 Å². The third-order valence-electron chi connectivity index (χ3n) is 4.18. The van der Waals surface area contributed by atoms with E-state index in [4.69, 9.17) is 4.74 Å². The van der Waals surface area contributed by atoms with Crippen molar-refractivity contribution in [3.8, 4) is 0 Å². The van der Waals surface area contributed by atoms with Crippen LogP contribution in [0.4, 0.5) is 4.79 Å². The van der Waals surface area contributed by atoms with Crippen LogP contribution in [0.25, 0.3) is 0 Å². The molecule has 3 rings (SSSR count). The lowest BCUT2D eigenvalue weighted by Gasteiger charge is -2.23. The number of benzene rings is 2. The fraction of sp³-hybridized carbons (Fsp3) is 0.263. The summed E-state index contributed by atoms with van der Waals surface area (Å²) in [5.74, 6) is -0.584. The summed E-state index contributed by atoms with van der Waals surface area (Å²) in [6.45, 7) is 2.07. The summed E-state index contributed by atoms with van der Waals surface area (Å²) in [7, 11) is 0. The van der Waals surface area contributed by atoms with E-state index >= 15 is 0 Å². The van der Waals surface area contributed by atoms with Crippen LogP contribution in [0, 0.1) is 0 Å². The van der Waals surface area contributed by atoms with Gasteiger partial charge in [-0.2, -0.15) is 0 Å². The van der Waals surface area contributed by atoms with E-state index in [2.05, 4.69) is 0 Å². The van der Waals surface area contributed by atoms with Gasteiger partial charge in [0, 0.05) is 0 Å². The summed E-state index contributed by atoms with van der Waals surface area (Å²) < 4.78 is 5.12. The quantitative estimate of drug-likeness (QED) is 0.870. The SMILES string of the molecule is CC(C(=O)N1C(=O)OCC1Cc1ccccc1)c1ccccc1. The summed E-state index contributed by atoms with van der Waals surface area (Å²) in [5, 5.41) is 0. The maximum Gasteiger partial charge on any atom is 0.417 e. The average molecular weight is 309 g/mol. The first kappa shape index (κ1) is 15.3. The van der Waals surface area contributed by atoms with Gasteiger partial charge in [-0.15, -0.1) is 0 Å². The maximum atomic E-state index is 12.8. The zero-order valence-electron chi connectivity index (χ0n) is 13.0. The number of carbonyl (C=O) groups is 2. The van der Waals surface area contributed by atoms with Gasteiger partial charge in [0.2, 0.25) is 5.91 Å². The van der Waals surface area contributed by atoms with E-state index in [9.17, 15) is 9.59 Å². The molecule has 2 unspecified atom stereocenters. The molecule has 1 fully saturated rings. The molecule has 1 saturated heterocycles. The molecule has 0 spiro atoms. The van der Waals surface area contributed by atoms with Crippen LogP contribution in [0.1, 0.15) is 24.0 Å². The molecule has 2 amide bonds. The van der Waals surface area contributed by atoms with Gasteiger partial charge in [0.15, 0.2) is 0 Å². The molecule has 4 nitrogen and oxygen atoms in total. The average Bonchev–Trinajstić information content (AvgIpc) is 2.95. The Balaban J connectivity index is 1.78. The van der Waals surface area contributed by atoms with Gasteiger partial charge < -0.3 is 4.74 Å². The minimum atomic E-state index is -0.543. The Morgan fingerprint density at radius 2 is 1.74 bits per heavy atom. The first-order valence-corrected chi connectivity index (χ1v) is 7.75. The molecular formula is C19H19NO3. The maximum absolute atomic E-state index is 12.8. The van der Waals surface area contributed by atoms with Crippen LogP contribution in [0.15, 0.2) is 60.7 Å². The van der Waals surface area contributed by atoms with Gasteiger partial charge in [0.25, 0.3) is 0 Å². The minimum absolute atomic E-state index is 0.209. The van der Waals surface area contributed by atoms with Gasteiger partial charge in [0.1, 0.15) is 6.61 Å². The highest BCUT2D eigenvalue weighted by atomic mass is 16.6. The van der Waals surface area contributed by atoms with E-state index in [1.807, 2.05) is 67.6 Å². The molecule has 23 heavy (non-hydrogen) atoms. The number of hydrogen-bond acceptors (Lipinski definition) is 3. The lowest BCUT2D eigenvalue weighted by atomic mass is 9.98. The normalized spacial score (nSPS) is 18.6. The number of ether oxygens (including phenoxy) is 1. The molecule has 1 aliphatic rings.